The second-order valence-electron chi connectivity index (χ2n) is 5.38. The lowest BCUT2D eigenvalue weighted by atomic mass is 9.97. The van der Waals surface area contributed by atoms with Crippen molar-refractivity contribution in [3.05, 3.63) is 35.4 Å². The largest absolute Gasteiger partial charge is 0.387 e. The average molecular weight is 285 g/mol. The molecule has 1 heterocycles. The molecule has 2 rings (SSSR count). The highest BCUT2D eigenvalue weighted by atomic mass is 19.1. The zero-order valence-electron chi connectivity index (χ0n) is 11.7. The molecule has 1 aliphatic rings. The molecule has 1 atom stereocenters. The van der Waals surface area contributed by atoms with Crippen LogP contribution in [0.5, 0.6) is 0 Å². The highest BCUT2D eigenvalue weighted by Crippen LogP contribution is 2.22. The van der Waals surface area contributed by atoms with E-state index in [1.54, 1.807) is 7.11 Å². The zero-order valence-corrected chi connectivity index (χ0v) is 11.7. The van der Waals surface area contributed by atoms with Gasteiger partial charge < -0.3 is 14.7 Å². The van der Waals surface area contributed by atoms with E-state index < -0.39 is 17.7 Å². The fourth-order valence-corrected chi connectivity index (χ4v) is 2.69. The van der Waals surface area contributed by atoms with Crippen LogP contribution >= 0.6 is 0 Å². The number of aliphatic hydroxyl groups excluding tert-OH is 1. The molecule has 0 saturated carbocycles. The van der Waals surface area contributed by atoms with Gasteiger partial charge in [-0.15, -0.1) is 0 Å². The lowest BCUT2D eigenvalue weighted by Crippen LogP contribution is -2.37. The van der Waals surface area contributed by atoms with E-state index >= 15 is 0 Å². The smallest absolute Gasteiger partial charge is 0.131 e. The SMILES string of the molecule is COCC1CCN(CC(O)c2ccc(F)cc2F)CC1. The number of piperidine rings is 1. The van der Waals surface area contributed by atoms with Crippen molar-refractivity contribution in [2.45, 2.75) is 18.9 Å². The summed E-state index contributed by atoms with van der Waals surface area (Å²) in [5.41, 5.74) is 0.158. The van der Waals surface area contributed by atoms with E-state index in [4.69, 9.17) is 4.74 Å². The van der Waals surface area contributed by atoms with Gasteiger partial charge in [0.1, 0.15) is 11.6 Å². The molecule has 1 aliphatic heterocycles. The molecule has 5 heteroatoms. The van der Waals surface area contributed by atoms with Crippen LogP contribution in [0.1, 0.15) is 24.5 Å². The summed E-state index contributed by atoms with van der Waals surface area (Å²) in [5, 5.41) is 10.1. The van der Waals surface area contributed by atoms with Crippen LogP contribution in [0.3, 0.4) is 0 Å². The number of β-amino-alcohol motifs (C(OH)–C–C–N with tert-alkyl or cyclic N) is 1. The molecule has 1 aromatic carbocycles. The van der Waals surface area contributed by atoms with Gasteiger partial charge in [0.25, 0.3) is 0 Å². The molecular weight excluding hydrogens is 264 g/mol. The minimum Gasteiger partial charge on any atom is -0.387 e. The van der Waals surface area contributed by atoms with Gasteiger partial charge in [0.05, 0.1) is 6.10 Å². The monoisotopic (exact) mass is 285 g/mol. The van der Waals surface area contributed by atoms with Gasteiger partial charge in [-0.3, -0.25) is 0 Å². The molecule has 0 aliphatic carbocycles. The minimum absolute atomic E-state index is 0.158. The van der Waals surface area contributed by atoms with Crippen molar-refractivity contribution in [1.82, 2.24) is 4.90 Å². The van der Waals surface area contributed by atoms with E-state index in [1.165, 1.54) is 12.1 Å². The van der Waals surface area contributed by atoms with Gasteiger partial charge in [0.2, 0.25) is 0 Å². The van der Waals surface area contributed by atoms with Crippen molar-refractivity contribution in [2.75, 3.05) is 33.4 Å². The lowest BCUT2D eigenvalue weighted by Gasteiger charge is -2.32. The maximum atomic E-state index is 13.6. The number of likely N-dealkylation sites (tertiary alicyclic amines) is 1. The summed E-state index contributed by atoms with van der Waals surface area (Å²) in [5.74, 6) is -0.749. The Hall–Kier alpha value is -1.04. The highest BCUT2D eigenvalue weighted by molar-refractivity contribution is 5.21. The molecule has 1 unspecified atom stereocenters. The summed E-state index contributed by atoms with van der Waals surface area (Å²) in [6, 6.07) is 3.29. The third-order valence-electron chi connectivity index (χ3n) is 3.86. The van der Waals surface area contributed by atoms with Gasteiger partial charge in [-0.05, 0) is 37.9 Å². The first kappa shape index (κ1) is 15.4. The zero-order chi connectivity index (χ0) is 14.5. The molecular formula is C15H21F2NO2. The van der Waals surface area contributed by atoms with Crippen LogP contribution in [0.25, 0.3) is 0 Å². The first-order valence-electron chi connectivity index (χ1n) is 6.94. The Morgan fingerprint density at radius 2 is 2.05 bits per heavy atom. The Morgan fingerprint density at radius 1 is 1.35 bits per heavy atom. The van der Waals surface area contributed by atoms with Crippen LogP contribution in [0.2, 0.25) is 0 Å². The number of ether oxygens (including phenoxy) is 1. The molecule has 0 bridgehead atoms. The van der Waals surface area contributed by atoms with Crippen LogP contribution in [0.4, 0.5) is 8.78 Å². The highest BCUT2D eigenvalue weighted by Gasteiger charge is 2.22. The molecule has 0 amide bonds. The first-order valence-corrected chi connectivity index (χ1v) is 6.94. The molecule has 1 saturated heterocycles. The Bertz CT molecular complexity index is 434. The van der Waals surface area contributed by atoms with Crippen molar-refractivity contribution >= 4 is 0 Å². The van der Waals surface area contributed by atoms with E-state index in [2.05, 4.69) is 4.90 Å². The summed E-state index contributed by atoms with van der Waals surface area (Å²) >= 11 is 0. The van der Waals surface area contributed by atoms with E-state index in [-0.39, 0.29) is 5.56 Å². The van der Waals surface area contributed by atoms with Crippen molar-refractivity contribution in [1.29, 1.82) is 0 Å². The van der Waals surface area contributed by atoms with Crippen LogP contribution in [0.15, 0.2) is 18.2 Å². The molecule has 1 aromatic rings. The first-order chi connectivity index (χ1) is 9.60. The molecule has 0 aromatic heterocycles. The number of hydrogen-bond donors (Lipinski definition) is 1. The van der Waals surface area contributed by atoms with E-state index in [9.17, 15) is 13.9 Å². The normalized spacial score (nSPS) is 19.2. The van der Waals surface area contributed by atoms with Gasteiger partial charge in [-0.1, -0.05) is 6.07 Å². The summed E-state index contributed by atoms with van der Waals surface area (Å²) in [7, 11) is 1.70. The number of benzene rings is 1. The summed E-state index contributed by atoms with van der Waals surface area (Å²) in [4.78, 5) is 2.11. The van der Waals surface area contributed by atoms with Gasteiger partial charge in [0, 0.05) is 31.9 Å². The molecule has 20 heavy (non-hydrogen) atoms. The predicted molar refractivity (Wildman–Crippen MR) is 72.4 cm³/mol. The van der Waals surface area contributed by atoms with Crippen molar-refractivity contribution in [3.63, 3.8) is 0 Å². The van der Waals surface area contributed by atoms with Gasteiger partial charge in [-0.2, -0.15) is 0 Å². The van der Waals surface area contributed by atoms with E-state index in [1.807, 2.05) is 0 Å². The molecule has 3 nitrogen and oxygen atoms in total. The van der Waals surface area contributed by atoms with Crippen molar-refractivity contribution < 1.29 is 18.6 Å². The Kier molecular flexibility index (Phi) is 5.46. The Balaban J connectivity index is 1.87. The fourth-order valence-electron chi connectivity index (χ4n) is 2.69. The number of rotatable bonds is 5. The number of nitrogens with zero attached hydrogens (tertiary/aromatic N) is 1. The van der Waals surface area contributed by atoms with Gasteiger partial charge in [0.15, 0.2) is 0 Å². The number of halogens is 2. The summed E-state index contributed by atoms with van der Waals surface area (Å²) in [6.45, 7) is 2.88. The summed E-state index contributed by atoms with van der Waals surface area (Å²) < 4.78 is 31.6. The van der Waals surface area contributed by atoms with Crippen LogP contribution in [-0.2, 0) is 4.74 Å². The van der Waals surface area contributed by atoms with Gasteiger partial charge >= 0.3 is 0 Å². The maximum absolute atomic E-state index is 13.6. The molecule has 0 radical (unpaired) electrons. The molecule has 112 valence electrons. The Morgan fingerprint density at radius 3 is 2.65 bits per heavy atom. The van der Waals surface area contributed by atoms with Gasteiger partial charge in [-0.25, -0.2) is 8.78 Å². The average Bonchev–Trinajstić information content (AvgIpc) is 2.41. The minimum atomic E-state index is -0.922. The maximum Gasteiger partial charge on any atom is 0.131 e. The second-order valence-corrected chi connectivity index (χ2v) is 5.38. The fraction of sp³-hybridized carbons (Fsp3) is 0.600. The lowest BCUT2D eigenvalue weighted by molar-refractivity contribution is 0.0644. The molecule has 0 spiro atoms. The number of hydrogen-bond acceptors (Lipinski definition) is 3. The van der Waals surface area contributed by atoms with Crippen LogP contribution < -0.4 is 0 Å². The van der Waals surface area contributed by atoms with E-state index in [0.717, 1.165) is 38.6 Å². The number of aliphatic hydroxyl groups is 1. The molecule has 1 N–H and O–H groups in total. The summed E-state index contributed by atoms with van der Waals surface area (Å²) in [6.07, 6.45) is 1.12. The van der Waals surface area contributed by atoms with Crippen LogP contribution in [0, 0.1) is 17.6 Å². The third-order valence-corrected chi connectivity index (χ3v) is 3.86. The Labute approximate surface area is 118 Å². The van der Waals surface area contributed by atoms with E-state index in [0.29, 0.717) is 12.5 Å². The predicted octanol–water partition coefficient (Wildman–Crippen LogP) is 2.36. The number of methoxy groups -OCH3 is 1. The standard InChI is InChI=1S/C15H21F2NO2/c1-20-10-11-4-6-18(7-5-11)9-15(19)13-3-2-12(16)8-14(13)17/h2-3,8,11,15,19H,4-7,9-10H2,1H3. The topological polar surface area (TPSA) is 32.7 Å². The second kappa shape index (κ2) is 7.11. The van der Waals surface area contributed by atoms with Crippen LogP contribution in [-0.4, -0.2) is 43.4 Å². The van der Waals surface area contributed by atoms with Crippen molar-refractivity contribution in [2.24, 2.45) is 5.92 Å². The quantitative estimate of drug-likeness (QED) is 0.901. The third kappa shape index (κ3) is 3.98. The van der Waals surface area contributed by atoms with Crippen molar-refractivity contribution in [3.8, 4) is 0 Å². The molecule has 1 fully saturated rings.